The topological polar surface area (TPSA) is 36.4 Å². The van der Waals surface area contributed by atoms with Crippen molar-refractivity contribution < 1.29 is 0 Å². The van der Waals surface area contributed by atoms with E-state index in [1.54, 1.807) is 0 Å². The Morgan fingerprint density at radius 3 is 2.50 bits per heavy atom. The molecule has 1 aliphatic rings. The van der Waals surface area contributed by atoms with Gasteiger partial charge in [0.05, 0.1) is 6.54 Å². The number of nitrogens with one attached hydrogen (secondary N) is 2. The van der Waals surface area contributed by atoms with Crippen LogP contribution in [0.4, 0.5) is 0 Å². The summed E-state index contributed by atoms with van der Waals surface area (Å²) < 4.78 is 0. The monoisotopic (exact) mass is 313 g/mol. The van der Waals surface area contributed by atoms with E-state index in [4.69, 9.17) is 0 Å². The SMILES string of the molecule is CN=C(NCc1ccc(C)s1)NCC1(c2ccccc2)CC1. The number of guanidine groups is 1. The van der Waals surface area contributed by atoms with Gasteiger partial charge < -0.3 is 10.6 Å². The molecule has 1 heterocycles. The predicted octanol–water partition coefficient (Wildman–Crippen LogP) is 3.45. The molecule has 0 radical (unpaired) electrons. The predicted molar refractivity (Wildman–Crippen MR) is 94.6 cm³/mol. The highest BCUT2D eigenvalue weighted by Gasteiger charge is 2.43. The summed E-state index contributed by atoms with van der Waals surface area (Å²) >= 11 is 1.83. The Morgan fingerprint density at radius 1 is 1.14 bits per heavy atom. The van der Waals surface area contributed by atoms with Crippen LogP contribution in [0.1, 0.15) is 28.2 Å². The van der Waals surface area contributed by atoms with Crippen molar-refractivity contribution in [1.29, 1.82) is 0 Å². The number of nitrogens with zero attached hydrogens (tertiary/aromatic N) is 1. The molecule has 116 valence electrons. The van der Waals surface area contributed by atoms with Crippen LogP contribution in [0, 0.1) is 6.92 Å². The van der Waals surface area contributed by atoms with Gasteiger partial charge >= 0.3 is 0 Å². The van der Waals surface area contributed by atoms with Gasteiger partial charge in [0.2, 0.25) is 0 Å². The second-order valence-corrected chi connectivity index (χ2v) is 7.31. The first-order valence-electron chi connectivity index (χ1n) is 7.77. The summed E-state index contributed by atoms with van der Waals surface area (Å²) in [6, 6.07) is 15.1. The van der Waals surface area contributed by atoms with Crippen LogP contribution in [0.5, 0.6) is 0 Å². The zero-order valence-corrected chi connectivity index (χ0v) is 14.0. The fourth-order valence-corrected chi connectivity index (χ4v) is 3.56. The van der Waals surface area contributed by atoms with Gasteiger partial charge in [-0.25, -0.2) is 0 Å². The molecule has 0 atom stereocenters. The Hall–Kier alpha value is -1.81. The van der Waals surface area contributed by atoms with Crippen LogP contribution in [-0.4, -0.2) is 19.6 Å². The standard InChI is InChI=1S/C18H23N3S/c1-14-8-9-16(22-14)12-20-17(19-2)21-13-18(10-11-18)15-6-4-3-5-7-15/h3-9H,10-13H2,1-2H3,(H2,19,20,21). The lowest BCUT2D eigenvalue weighted by molar-refractivity contribution is 0.646. The molecule has 1 aliphatic carbocycles. The highest BCUT2D eigenvalue weighted by atomic mass is 32.1. The number of thiophene rings is 1. The maximum Gasteiger partial charge on any atom is 0.191 e. The van der Waals surface area contributed by atoms with Crippen LogP contribution in [0.2, 0.25) is 0 Å². The third-order valence-corrected chi connectivity index (χ3v) is 5.28. The zero-order chi connectivity index (χ0) is 15.4. The minimum Gasteiger partial charge on any atom is -0.356 e. The van der Waals surface area contributed by atoms with E-state index in [9.17, 15) is 0 Å². The highest BCUT2D eigenvalue weighted by molar-refractivity contribution is 7.11. The molecule has 2 aromatic rings. The maximum atomic E-state index is 4.33. The molecule has 22 heavy (non-hydrogen) atoms. The third kappa shape index (κ3) is 3.50. The first-order chi connectivity index (χ1) is 10.7. The largest absolute Gasteiger partial charge is 0.356 e. The molecule has 1 aromatic heterocycles. The fourth-order valence-electron chi connectivity index (χ4n) is 2.73. The van der Waals surface area contributed by atoms with Crippen LogP contribution in [-0.2, 0) is 12.0 Å². The molecule has 0 spiro atoms. The third-order valence-electron chi connectivity index (χ3n) is 4.28. The highest BCUT2D eigenvalue weighted by Crippen LogP contribution is 2.47. The summed E-state index contributed by atoms with van der Waals surface area (Å²) in [6.07, 6.45) is 2.51. The van der Waals surface area contributed by atoms with Crippen molar-refractivity contribution in [1.82, 2.24) is 10.6 Å². The van der Waals surface area contributed by atoms with Crippen LogP contribution >= 0.6 is 11.3 Å². The summed E-state index contributed by atoms with van der Waals surface area (Å²) in [5.74, 6) is 0.883. The number of aryl methyl sites for hydroxylation is 1. The van der Waals surface area contributed by atoms with Crippen molar-refractivity contribution in [3.8, 4) is 0 Å². The van der Waals surface area contributed by atoms with Gasteiger partial charge in [-0.3, -0.25) is 4.99 Å². The number of rotatable bonds is 5. The Labute approximate surface area is 136 Å². The molecule has 0 aliphatic heterocycles. The summed E-state index contributed by atoms with van der Waals surface area (Å²) in [4.78, 5) is 7.02. The summed E-state index contributed by atoms with van der Waals surface area (Å²) in [5.41, 5.74) is 1.74. The van der Waals surface area contributed by atoms with Gasteiger partial charge in [0.15, 0.2) is 5.96 Å². The van der Waals surface area contributed by atoms with E-state index in [0.717, 1.165) is 19.0 Å². The average molecular weight is 313 g/mol. The molecular formula is C18H23N3S. The van der Waals surface area contributed by atoms with Crippen molar-refractivity contribution in [3.05, 3.63) is 57.8 Å². The van der Waals surface area contributed by atoms with Gasteiger partial charge in [-0.1, -0.05) is 30.3 Å². The molecule has 4 heteroatoms. The first-order valence-corrected chi connectivity index (χ1v) is 8.59. The minimum atomic E-state index is 0.304. The normalized spacial score (nSPS) is 16.4. The molecule has 0 bridgehead atoms. The van der Waals surface area contributed by atoms with Gasteiger partial charge in [0, 0.05) is 28.8 Å². The fraction of sp³-hybridized carbons (Fsp3) is 0.389. The van der Waals surface area contributed by atoms with Gasteiger partial charge in [-0.05, 0) is 37.5 Å². The molecule has 1 fully saturated rings. The van der Waals surface area contributed by atoms with E-state index >= 15 is 0 Å². The Kier molecular flexibility index (Phi) is 4.48. The van der Waals surface area contributed by atoms with Crippen molar-refractivity contribution in [2.24, 2.45) is 4.99 Å². The number of hydrogen-bond acceptors (Lipinski definition) is 2. The number of benzene rings is 1. The molecule has 0 amide bonds. The average Bonchev–Trinajstić information content (AvgIpc) is 3.24. The van der Waals surface area contributed by atoms with Crippen molar-refractivity contribution in [2.45, 2.75) is 31.7 Å². The number of hydrogen-bond donors (Lipinski definition) is 2. The van der Waals surface area contributed by atoms with Gasteiger partial charge in [-0.15, -0.1) is 11.3 Å². The molecule has 0 unspecified atom stereocenters. The smallest absolute Gasteiger partial charge is 0.191 e. The quantitative estimate of drug-likeness (QED) is 0.655. The molecule has 3 nitrogen and oxygen atoms in total. The second kappa shape index (κ2) is 6.53. The molecule has 2 N–H and O–H groups in total. The zero-order valence-electron chi connectivity index (χ0n) is 13.2. The Bertz CT molecular complexity index is 641. The van der Waals surface area contributed by atoms with Crippen molar-refractivity contribution in [3.63, 3.8) is 0 Å². The molecular weight excluding hydrogens is 290 g/mol. The van der Waals surface area contributed by atoms with Gasteiger partial charge in [-0.2, -0.15) is 0 Å². The van der Waals surface area contributed by atoms with Crippen LogP contribution in [0.15, 0.2) is 47.5 Å². The first kappa shape index (κ1) is 15.1. The molecule has 1 aromatic carbocycles. The van der Waals surface area contributed by atoms with E-state index in [-0.39, 0.29) is 0 Å². The second-order valence-electron chi connectivity index (χ2n) is 5.94. The van der Waals surface area contributed by atoms with Crippen LogP contribution in [0.25, 0.3) is 0 Å². The number of aliphatic imine (C=N–C) groups is 1. The van der Waals surface area contributed by atoms with E-state index in [1.807, 2.05) is 18.4 Å². The Morgan fingerprint density at radius 2 is 1.91 bits per heavy atom. The summed E-state index contributed by atoms with van der Waals surface area (Å²) in [7, 11) is 1.83. The van der Waals surface area contributed by atoms with E-state index in [1.165, 1.54) is 28.2 Å². The molecule has 1 saturated carbocycles. The molecule has 3 rings (SSSR count). The van der Waals surface area contributed by atoms with Gasteiger partial charge in [0.25, 0.3) is 0 Å². The van der Waals surface area contributed by atoms with Crippen LogP contribution in [0.3, 0.4) is 0 Å². The lowest BCUT2D eigenvalue weighted by Gasteiger charge is -2.19. The lowest BCUT2D eigenvalue weighted by Crippen LogP contribution is -2.40. The van der Waals surface area contributed by atoms with Crippen molar-refractivity contribution in [2.75, 3.05) is 13.6 Å². The van der Waals surface area contributed by atoms with Crippen molar-refractivity contribution >= 4 is 17.3 Å². The van der Waals surface area contributed by atoms with E-state index in [0.29, 0.717) is 5.41 Å². The maximum absolute atomic E-state index is 4.33. The van der Waals surface area contributed by atoms with E-state index < -0.39 is 0 Å². The van der Waals surface area contributed by atoms with E-state index in [2.05, 4.69) is 65.0 Å². The van der Waals surface area contributed by atoms with Gasteiger partial charge in [0.1, 0.15) is 0 Å². The molecule has 0 saturated heterocycles. The lowest BCUT2D eigenvalue weighted by atomic mass is 9.96. The van der Waals surface area contributed by atoms with Crippen LogP contribution < -0.4 is 10.6 Å². The summed E-state index contributed by atoms with van der Waals surface area (Å²) in [5, 5.41) is 6.89. The minimum absolute atomic E-state index is 0.304. The Balaban J connectivity index is 1.53. The summed E-state index contributed by atoms with van der Waals surface area (Å²) in [6.45, 7) is 3.91.